The first-order valence-electron chi connectivity index (χ1n) is 4.40. The standard InChI is InChI=1S/C10H10ClNO4/c1-5(9(13)14)16-10(15)7-4-6(11)2-3-8(7)12/h2-5H,12H2,1H3,(H,13,14). The molecule has 0 saturated heterocycles. The van der Waals surface area contributed by atoms with E-state index in [4.69, 9.17) is 22.4 Å². The predicted octanol–water partition coefficient (Wildman–Crippen LogP) is 1.55. The first kappa shape index (κ1) is 12.3. The number of halogens is 1. The van der Waals surface area contributed by atoms with Crippen LogP contribution < -0.4 is 5.73 Å². The monoisotopic (exact) mass is 243 g/mol. The van der Waals surface area contributed by atoms with E-state index >= 15 is 0 Å². The van der Waals surface area contributed by atoms with Crippen LogP contribution >= 0.6 is 11.6 Å². The number of benzene rings is 1. The summed E-state index contributed by atoms with van der Waals surface area (Å²) in [6, 6.07) is 4.30. The molecular formula is C10H10ClNO4. The van der Waals surface area contributed by atoms with Crippen molar-refractivity contribution in [3.05, 3.63) is 28.8 Å². The SMILES string of the molecule is CC(OC(=O)c1cc(Cl)ccc1N)C(=O)O. The second kappa shape index (κ2) is 4.85. The van der Waals surface area contributed by atoms with Gasteiger partial charge in [-0.15, -0.1) is 0 Å². The number of aliphatic carboxylic acids is 1. The minimum absolute atomic E-state index is 0.0561. The molecule has 0 aliphatic carbocycles. The summed E-state index contributed by atoms with van der Waals surface area (Å²) in [6.45, 7) is 1.25. The van der Waals surface area contributed by atoms with Gasteiger partial charge in [0.2, 0.25) is 0 Å². The quantitative estimate of drug-likeness (QED) is 0.621. The lowest BCUT2D eigenvalue weighted by atomic mass is 10.2. The maximum Gasteiger partial charge on any atom is 0.344 e. The smallest absolute Gasteiger partial charge is 0.344 e. The van der Waals surface area contributed by atoms with Gasteiger partial charge in [-0.3, -0.25) is 0 Å². The summed E-state index contributed by atoms with van der Waals surface area (Å²) in [5.41, 5.74) is 5.78. The number of carbonyl (C=O) groups excluding carboxylic acids is 1. The Hall–Kier alpha value is -1.75. The fraction of sp³-hybridized carbons (Fsp3) is 0.200. The lowest BCUT2D eigenvalue weighted by molar-refractivity contribution is -0.146. The van der Waals surface area contributed by atoms with Crippen molar-refractivity contribution in [3.63, 3.8) is 0 Å². The van der Waals surface area contributed by atoms with E-state index in [0.29, 0.717) is 5.02 Å². The van der Waals surface area contributed by atoms with Crippen LogP contribution in [0.25, 0.3) is 0 Å². The third-order valence-electron chi connectivity index (χ3n) is 1.87. The number of anilines is 1. The molecule has 0 bridgehead atoms. The molecule has 0 heterocycles. The maximum atomic E-state index is 11.5. The van der Waals surface area contributed by atoms with Crippen molar-refractivity contribution in [1.82, 2.24) is 0 Å². The molecule has 1 aromatic rings. The summed E-state index contributed by atoms with van der Waals surface area (Å²) >= 11 is 5.68. The Morgan fingerprint density at radius 1 is 1.50 bits per heavy atom. The van der Waals surface area contributed by atoms with E-state index in [9.17, 15) is 9.59 Å². The highest BCUT2D eigenvalue weighted by molar-refractivity contribution is 6.31. The second-order valence-corrected chi connectivity index (χ2v) is 3.55. The van der Waals surface area contributed by atoms with Crippen LogP contribution in [0.4, 0.5) is 5.69 Å². The molecule has 86 valence electrons. The fourth-order valence-corrected chi connectivity index (χ4v) is 1.15. The Balaban J connectivity index is 2.88. The number of carbonyl (C=O) groups is 2. The Kier molecular flexibility index (Phi) is 3.73. The van der Waals surface area contributed by atoms with Crippen molar-refractivity contribution in [3.8, 4) is 0 Å². The molecule has 16 heavy (non-hydrogen) atoms. The lowest BCUT2D eigenvalue weighted by Gasteiger charge is -2.10. The molecule has 0 aromatic heterocycles. The molecule has 1 atom stereocenters. The van der Waals surface area contributed by atoms with Gasteiger partial charge in [-0.25, -0.2) is 9.59 Å². The van der Waals surface area contributed by atoms with Crippen molar-refractivity contribution in [2.45, 2.75) is 13.0 Å². The van der Waals surface area contributed by atoms with Crippen LogP contribution in [0.15, 0.2) is 18.2 Å². The summed E-state index contributed by atoms with van der Waals surface area (Å²) in [7, 11) is 0. The van der Waals surface area contributed by atoms with E-state index in [-0.39, 0.29) is 11.3 Å². The average molecular weight is 244 g/mol. The molecule has 0 saturated carbocycles. The molecule has 0 aliphatic rings. The minimum Gasteiger partial charge on any atom is -0.479 e. The Morgan fingerprint density at radius 2 is 2.12 bits per heavy atom. The maximum absolute atomic E-state index is 11.5. The van der Waals surface area contributed by atoms with Gasteiger partial charge in [-0.05, 0) is 25.1 Å². The van der Waals surface area contributed by atoms with Gasteiger partial charge in [-0.2, -0.15) is 0 Å². The van der Waals surface area contributed by atoms with Gasteiger partial charge in [0, 0.05) is 10.7 Å². The first-order valence-corrected chi connectivity index (χ1v) is 4.78. The largest absolute Gasteiger partial charge is 0.479 e. The summed E-state index contributed by atoms with van der Waals surface area (Å²) in [5, 5.41) is 8.89. The van der Waals surface area contributed by atoms with E-state index in [1.165, 1.54) is 25.1 Å². The summed E-state index contributed by atoms with van der Waals surface area (Å²) in [5.74, 6) is -2.04. The van der Waals surface area contributed by atoms with Crippen LogP contribution in [-0.4, -0.2) is 23.1 Å². The zero-order valence-electron chi connectivity index (χ0n) is 8.44. The van der Waals surface area contributed by atoms with Gasteiger partial charge in [0.15, 0.2) is 6.10 Å². The van der Waals surface area contributed by atoms with Gasteiger partial charge in [0.1, 0.15) is 0 Å². The second-order valence-electron chi connectivity index (χ2n) is 3.12. The van der Waals surface area contributed by atoms with E-state index in [2.05, 4.69) is 4.74 Å². The number of carboxylic acids is 1. The molecule has 0 fully saturated rings. The average Bonchev–Trinajstić information content (AvgIpc) is 2.21. The van der Waals surface area contributed by atoms with E-state index in [0.717, 1.165) is 0 Å². The van der Waals surface area contributed by atoms with Crippen molar-refractivity contribution in [2.24, 2.45) is 0 Å². The topological polar surface area (TPSA) is 89.6 Å². The number of rotatable bonds is 3. The summed E-state index contributed by atoms with van der Waals surface area (Å²) in [4.78, 5) is 22.0. The summed E-state index contributed by atoms with van der Waals surface area (Å²) < 4.78 is 4.66. The molecule has 0 amide bonds. The van der Waals surface area contributed by atoms with Crippen molar-refractivity contribution in [2.75, 3.05) is 5.73 Å². The van der Waals surface area contributed by atoms with Crippen molar-refractivity contribution < 1.29 is 19.4 Å². The predicted molar refractivity (Wildman–Crippen MR) is 58.4 cm³/mol. The van der Waals surface area contributed by atoms with E-state index in [1.807, 2.05) is 0 Å². The van der Waals surface area contributed by atoms with Crippen molar-refractivity contribution >= 4 is 29.2 Å². The number of ether oxygens (including phenoxy) is 1. The molecule has 0 spiro atoms. The Bertz CT molecular complexity index is 433. The number of carboxylic acid groups (broad SMARTS) is 1. The molecular weight excluding hydrogens is 234 g/mol. The van der Waals surface area contributed by atoms with Crippen LogP contribution in [0.1, 0.15) is 17.3 Å². The van der Waals surface area contributed by atoms with E-state index in [1.54, 1.807) is 0 Å². The van der Waals surface area contributed by atoms with Crippen LogP contribution in [0.2, 0.25) is 5.02 Å². The van der Waals surface area contributed by atoms with Gasteiger partial charge in [0.05, 0.1) is 5.56 Å². The van der Waals surface area contributed by atoms with Crippen LogP contribution in [0.3, 0.4) is 0 Å². The number of esters is 1. The zero-order valence-corrected chi connectivity index (χ0v) is 9.19. The normalized spacial score (nSPS) is 11.9. The molecule has 1 unspecified atom stereocenters. The molecule has 5 nitrogen and oxygen atoms in total. The number of hydrogen-bond acceptors (Lipinski definition) is 4. The van der Waals surface area contributed by atoms with Crippen LogP contribution in [-0.2, 0) is 9.53 Å². The highest BCUT2D eigenvalue weighted by atomic mass is 35.5. The molecule has 0 radical (unpaired) electrons. The Labute approximate surface area is 96.8 Å². The van der Waals surface area contributed by atoms with E-state index < -0.39 is 18.0 Å². The number of nitrogens with two attached hydrogens (primary N) is 1. The lowest BCUT2D eigenvalue weighted by Crippen LogP contribution is -2.24. The zero-order chi connectivity index (χ0) is 12.3. The summed E-state index contributed by atoms with van der Waals surface area (Å²) in [6.07, 6.45) is -1.23. The highest BCUT2D eigenvalue weighted by Crippen LogP contribution is 2.19. The minimum atomic E-state index is -1.23. The third kappa shape index (κ3) is 2.87. The molecule has 3 N–H and O–H groups in total. The molecule has 6 heteroatoms. The molecule has 1 aromatic carbocycles. The van der Waals surface area contributed by atoms with Gasteiger partial charge < -0.3 is 15.6 Å². The number of hydrogen-bond donors (Lipinski definition) is 2. The van der Waals surface area contributed by atoms with Gasteiger partial charge in [-0.1, -0.05) is 11.6 Å². The number of nitrogen functional groups attached to an aromatic ring is 1. The van der Waals surface area contributed by atoms with Crippen molar-refractivity contribution in [1.29, 1.82) is 0 Å². The van der Waals surface area contributed by atoms with Gasteiger partial charge in [0.25, 0.3) is 0 Å². The first-order chi connectivity index (χ1) is 7.41. The Morgan fingerprint density at radius 3 is 2.69 bits per heavy atom. The van der Waals surface area contributed by atoms with Crippen LogP contribution in [0, 0.1) is 0 Å². The fourth-order valence-electron chi connectivity index (χ4n) is 0.980. The highest BCUT2D eigenvalue weighted by Gasteiger charge is 2.19. The van der Waals surface area contributed by atoms with Crippen LogP contribution in [0.5, 0.6) is 0 Å². The van der Waals surface area contributed by atoms with Gasteiger partial charge >= 0.3 is 11.9 Å². The molecule has 1 rings (SSSR count). The third-order valence-corrected chi connectivity index (χ3v) is 2.10. The molecule has 0 aliphatic heterocycles.